The Kier molecular flexibility index (Phi) is 1.46. The summed E-state index contributed by atoms with van der Waals surface area (Å²) in [6, 6.07) is -3.13. The van der Waals surface area contributed by atoms with Gasteiger partial charge in [-0.25, -0.2) is 8.97 Å². The standard InChI is InChI=1S/C25H22N3/c1-14-10-11-20-19(12-14)18-9-5-8-17-13-27-24(26)23(28(20)25(27)22(17)18)21-15(2)6-4-7-16(21)3/h4-12H,13,26H2,1-3H3/q+1/i2D3,4D,5D,6D,7D,8D,9D,10D,11D,12D. The van der Waals surface area contributed by atoms with Crippen molar-refractivity contribution in [2.75, 3.05) is 5.73 Å². The maximum Gasteiger partial charge on any atom is 0.260 e. The number of hydrogen-bond acceptors (Lipinski definition) is 1. The number of nitrogen functional groups attached to an aromatic ring is 1. The Morgan fingerprint density at radius 3 is 2.71 bits per heavy atom. The third kappa shape index (κ3) is 1.76. The van der Waals surface area contributed by atoms with Crippen LogP contribution in [0, 0.1) is 20.7 Å². The number of hydrogen-bond donors (Lipinski definition) is 1. The first-order valence-electron chi connectivity index (χ1n) is 14.8. The van der Waals surface area contributed by atoms with E-state index >= 15 is 0 Å². The van der Waals surface area contributed by atoms with Crippen LogP contribution in [0.3, 0.4) is 0 Å². The molecule has 2 aromatic heterocycles. The Morgan fingerprint density at radius 2 is 1.86 bits per heavy atom. The summed E-state index contributed by atoms with van der Waals surface area (Å²) in [5, 5.41) is 0.629. The van der Waals surface area contributed by atoms with E-state index in [0.717, 1.165) is 0 Å². The predicted octanol–water partition coefficient (Wildman–Crippen LogP) is 5.07. The average Bonchev–Trinajstić information content (AvgIpc) is 3.41. The van der Waals surface area contributed by atoms with Crippen molar-refractivity contribution in [2.45, 2.75) is 27.2 Å². The smallest absolute Gasteiger partial charge is 0.260 e. The fourth-order valence-electron chi connectivity index (χ4n) is 4.24. The topological polar surface area (TPSA) is 34.3 Å². The highest BCUT2D eigenvalue weighted by Crippen LogP contribution is 2.40. The number of rotatable bonds is 1. The zero-order valence-corrected chi connectivity index (χ0v) is 15.2. The van der Waals surface area contributed by atoms with Crippen molar-refractivity contribution < 1.29 is 21.0 Å². The predicted molar refractivity (Wildman–Crippen MR) is 116 cm³/mol. The van der Waals surface area contributed by atoms with Crippen LogP contribution in [0.25, 0.3) is 38.6 Å². The maximum absolute atomic E-state index is 8.95. The number of anilines is 1. The van der Waals surface area contributed by atoms with Gasteiger partial charge in [0, 0.05) is 20.6 Å². The van der Waals surface area contributed by atoms with Crippen LogP contribution in [0.4, 0.5) is 5.82 Å². The zero-order chi connectivity index (χ0) is 29.5. The van der Waals surface area contributed by atoms with Gasteiger partial charge in [-0.05, 0) is 49.3 Å². The number of aromatic nitrogens is 2. The number of pyridine rings is 1. The van der Waals surface area contributed by atoms with Crippen molar-refractivity contribution in [1.29, 1.82) is 0 Å². The van der Waals surface area contributed by atoms with Crippen molar-refractivity contribution in [1.82, 2.24) is 4.40 Å². The molecule has 0 amide bonds. The fraction of sp³-hybridized carbons (Fsp3) is 0.160. The van der Waals surface area contributed by atoms with Crippen LogP contribution >= 0.6 is 0 Å². The lowest BCUT2D eigenvalue weighted by Crippen LogP contribution is -2.33. The van der Waals surface area contributed by atoms with Crippen LogP contribution in [0.2, 0.25) is 0 Å². The molecule has 0 fully saturated rings. The molecule has 0 saturated heterocycles. The van der Waals surface area contributed by atoms with Gasteiger partial charge in [0.25, 0.3) is 5.82 Å². The number of imidazole rings is 1. The van der Waals surface area contributed by atoms with E-state index < -0.39 is 24.5 Å². The van der Waals surface area contributed by atoms with Crippen LogP contribution in [-0.2, 0) is 6.54 Å². The molecule has 28 heavy (non-hydrogen) atoms. The molecule has 6 rings (SSSR count). The minimum Gasteiger partial charge on any atom is -0.316 e. The Balaban J connectivity index is 2.04. The molecule has 3 heteroatoms. The van der Waals surface area contributed by atoms with Crippen molar-refractivity contribution >= 4 is 33.1 Å². The van der Waals surface area contributed by atoms with Gasteiger partial charge in [-0.2, -0.15) is 0 Å². The molecule has 0 unspecified atom stereocenters. The second kappa shape index (κ2) is 5.14. The molecule has 3 heterocycles. The Labute approximate surface area is 180 Å². The van der Waals surface area contributed by atoms with E-state index in [1.807, 2.05) is 0 Å². The number of nitrogens with zero attached hydrogens (tertiary/aromatic N) is 2. The van der Waals surface area contributed by atoms with Crippen LogP contribution in [0.1, 0.15) is 38.7 Å². The second-order valence-corrected chi connectivity index (χ2v) is 7.06. The van der Waals surface area contributed by atoms with E-state index in [-0.39, 0.29) is 93.3 Å². The molecule has 0 radical (unpaired) electrons. The molecule has 0 spiro atoms. The molecular formula is C25H22N3+. The third-order valence-electron chi connectivity index (χ3n) is 5.41. The lowest BCUT2D eigenvalue weighted by Gasteiger charge is -2.11. The van der Waals surface area contributed by atoms with Gasteiger partial charge in [-0.15, -0.1) is 0 Å². The largest absolute Gasteiger partial charge is 0.316 e. The maximum atomic E-state index is 8.95. The van der Waals surface area contributed by atoms with Gasteiger partial charge in [0.2, 0.25) is 5.65 Å². The molecular weight excluding hydrogens is 342 g/mol. The van der Waals surface area contributed by atoms with Crippen LogP contribution in [0.15, 0.2) is 54.4 Å². The number of fused-ring (bicyclic) bond motifs is 3. The van der Waals surface area contributed by atoms with E-state index in [1.165, 1.54) is 18.2 Å². The van der Waals surface area contributed by atoms with E-state index in [9.17, 15) is 0 Å². The molecule has 2 N–H and O–H groups in total. The zero-order valence-electron chi connectivity index (χ0n) is 27.2. The second-order valence-electron chi connectivity index (χ2n) is 7.06. The molecule has 0 aliphatic carbocycles. The van der Waals surface area contributed by atoms with Crippen molar-refractivity contribution in [2.24, 2.45) is 0 Å². The molecule has 0 bridgehead atoms. The molecule has 3 aromatic carbocycles. The lowest BCUT2D eigenvalue weighted by molar-refractivity contribution is -0.642. The van der Waals surface area contributed by atoms with Gasteiger partial charge in [-0.3, -0.25) is 0 Å². The van der Waals surface area contributed by atoms with Gasteiger partial charge < -0.3 is 5.73 Å². The highest BCUT2D eigenvalue weighted by Gasteiger charge is 2.33. The van der Waals surface area contributed by atoms with Crippen LogP contribution in [0.5, 0.6) is 0 Å². The third-order valence-corrected chi connectivity index (χ3v) is 5.41. The quantitative estimate of drug-likeness (QED) is 0.315. The SMILES string of the molecule is [2H]c1c([2H])c(C)c(-c2c(N)[n+]3c4c5c(c([2H])c([2H])c([2H])c5c5c([2H])c(C)c([2H])c([2H])c5n24)C3)c(C([2H])([2H])[2H])c1[2H]. The van der Waals surface area contributed by atoms with Crippen LogP contribution < -0.4 is 10.3 Å². The van der Waals surface area contributed by atoms with Gasteiger partial charge in [-0.1, -0.05) is 47.9 Å². The molecule has 0 saturated carbocycles. The van der Waals surface area contributed by atoms with Crippen LogP contribution in [-0.4, -0.2) is 4.40 Å². The molecule has 5 aromatic rings. The molecule has 3 nitrogen and oxygen atoms in total. The van der Waals surface area contributed by atoms with E-state index in [2.05, 4.69) is 0 Å². The molecule has 1 aliphatic heterocycles. The van der Waals surface area contributed by atoms with Gasteiger partial charge in [0.15, 0.2) is 5.69 Å². The first kappa shape index (κ1) is 7.96. The highest BCUT2D eigenvalue weighted by molar-refractivity contribution is 6.14. The number of benzene rings is 3. The van der Waals surface area contributed by atoms with Gasteiger partial charge in [0.05, 0.1) is 24.3 Å². The Morgan fingerprint density at radius 1 is 1.04 bits per heavy atom. The summed E-state index contributed by atoms with van der Waals surface area (Å²) in [5.74, 6) is -0.00868. The first-order chi connectivity index (χ1) is 18.5. The normalized spacial score (nSPS) is 19.4. The van der Waals surface area contributed by atoms with Crippen molar-refractivity contribution in [3.05, 3.63) is 76.6 Å². The molecule has 136 valence electrons. The lowest BCUT2D eigenvalue weighted by atomic mass is 9.98. The summed E-state index contributed by atoms with van der Waals surface area (Å²) in [6.07, 6.45) is 0. The number of nitrogens with two attached hydrogens (primary N) is 1. The monoisotopic (exact) mass is 376 g/mol. The summed E-state index contributed by atoms with van der Waals surface area (Å²) in [5.41, 5.74) is 7.11. The average molecular weight is 377 g/mol. The molecule has 1 aliphatic rings. The minimum atomic E-state index is -2.88. The van der Waals surface area contributed by atoms with E-state index in [1.54, 1.807) is 4.57 Å². The summed E-state index contributed by atoms with van der Waals surface area (Å²) >= 11 is 0. The minimum absolute atomic E-state index is 0.00396. The summed E-state index contributed by atoms with van der Waals surface area (Å²) in [4.78, 5) is 0. The fourth-order valence-corrected chi connectivity index (χ4v) is 4.24. The van der Waals surface area contributed by atoms with E-state index in [4.69, 9.17) is 22.2 Å². The Hall–Kier alpha value is -3.33. The van der Waals surface area contributed by atoms with Gasteiger partial charge in [0.1, 0.15) is 5.52 Å². The van der Waals surface area contributed by atoms with Gasteiger partial charge >= 0.3 is 0 Å². The highest BCUT2D eigenvalue weighted by atomic mass is 15.2. The summed E-state index contributed by atoms with van der Waals surface area (Å²) < 4.78 is 105. The Bertz CT molecular complexity index is 2040. The summed E-state index contributed by atoms with van der Waals surface area (Å²) in [6.45, 7) is 0.0860. The van der Waals surface area contributed by atoms with E-state index in [0.29, 0.717) is 16.6 Å². The summed E-state index contributed by atoms with van der Waals surface area (Å²) in [7, 11) is 0. The first-order valence-corrected chi connectivity index (χ1v) is 8.83. The molecule has 0 atom stereocenters. The van der Waals surface area contributed by atoms with Crippen molar-refractivity contribution in [3.63, 3.8) is 0 Å². The van der Waals surface area contributed by atoms with Crippen molar-refractivity contribution in [3.8, 4) is 11.3 Å².